The standard InChI is InChI=1S/C19H17ClN4O2/c1-25-18-15(10-21-19(22-18)26-2)16-9-14(17(20)24-23-16)13-8-12(13)11-6-4-3-5-7-11/h3-7,9-10,12-13H,8H2,1-2H3. The van der Waals surface area contributed by atoms with Gasteiger partial charge in [0.15, 0.2) is 5.15 Å². The van der Waals surface area contributed by atoms with Gasteiger partial charge in [-0.05, 0) is 35.4 Å². The van der Waals surface area contributed by atoms with Crippen molar-refractivity contribution in [1.29, 1.82) is 0 Å². The minimum Gasteiger partial charge on any atom is -0.480 e. The fourth-order valence-corrected chi connectivity index (χ4v) is 3.40. The van der Waals surface area contributed by atoms with Gasteiger partial charge < -0.3 is 9.47 Å². The summed E-state index contributed by atoms with van der Waals surface area (Å²) in [5.74, 6) is 1.18. The zero-order chi connectivity index (χ0) is 18.1. The van der Waals surface area contributed by atoms with Crippen molar-refractivity contribution in [3.63, 3.8) is 0 Å². The summed E-state index contributed by atoms with van der Waals surface area (Å²) in [5.41, 5.74) is 3.58. The first-order valence-electron chi connectivity index (χ1n) is 8.24. The molecule has 0 aliphatic heterocycles. The molecule has 2 aromatic heterocycles. The number of ether oxygens (including phenoxy) is 2. The van der Waals surface area contributed by atoms with E-state index in [9.17, 15) is 0 Å². The summed E-state index contributed by atoms with van der Waals surface area (Å²) in [5, 5.41) is 8.77. The van der Waals surface area contributed by atoms with Crippen LogP contribution in [-0.2, 0) is 0 Å². The second-order valence-electron chi connectivity index (χ2n) is 6.11. The Balaban J connectivity index is 1.68. The Labute approximate surface area is 156 Å². The van der Waals surface area contributed by atoms with Crippen molar-refractivity contribution in [3.8, 4) is 23.1 Å². The molecule has 0 bridgehead atoms. The first kappa shape index (κ1) is 16.7. The molecule has 2 unspecified atom stereocenters. The summed E-state index contributed by atoms with van der Waals surface area (Å²) in [6.45, 7) is 0. The van der Waals surface area contributed by atoms with E-state index in [4.69, 9.17) is 21.1 Å². The first-order chi connectivity index (χ1) is 12.7. The van der Waals surface area contributed by atoms with Crippen LogP contribution in [-0.4, -0.2) is 34.4 Å². The van der Waals surface area contributed by atoms with Gasteiger partial charge in [-0.25, -0.2) is 4.98 Å². The van der Waals surface area contributed by atoms with Crippen molar-refractivity contribution in [1.82, 2.24) is 20.2 Å². The van der Waals surface area contributed by atoms with Crippen LogP contribution in [0.4, 0.5) is 0 Å². The molecule has 7 heteroatoms. The lowest BCUT2D eigenvalue weighted by molar-refractivity contribution is 0.353. The van der Waals surface area contributed by atoms with Crippen LogP contribution in [0.3, 0.4) is 0 Å². The molecule has 0 N–H and O–H groups in total. The number of hydrogen-bond acceptors (Lipinski definition) is 6. The largest absolute Gasteiger partial charge is 0.480 e. The van der Waals surface area contributed by atoms with Crippen LogP contribution in [0.5, 0.6) is 11.9 Å². The van der Waals surface area contributed by atoms with E-state index in [0.29, 0.717) is 34.1 Å². The highest BCUT2D eigenvalue weighted by atomic mass is 35.5. The number of hydrogen-bond donors (Lipinski definition) is 0. The van der Waals surface area contributed by atoms with E-state index in [-0.39, 0.29) is 6.01 Å². The molecule has 0 saturated heterocycles. The molecule has 2 heterocycles. The highest BCUT2D eigenvalue weighted by Gasteiger charge is 2.41. The Hall–Kier alpha value is -2.73. The minimum absolute atomic E-state index is 0.235. The van der Waals surface area contributed by atoms with Gasteiger partial charge in [-0.2, -0.15) is 4.98 Å². The molecule has 1 aliphatic rings. The maximum Gasteiger partial charge on any atom is 0.319 e. The van der Waals surface area contributed by atoms with Crippen molar-refractivity contribution in [3.05, 3.63) is 58.9 Å². The van der Waals surface area contributed by atoms with E-state index < -0.39 is 0 Å². The minimum atomic E-state index is 0.235. The highest BCUT2D eigenvalue weighted by Crippen LogP contribution is 2.56. The van der Waals surface area contributed by atoms with Crippen molar-refractivity contribution >= 4 is 11.6 Å². The molecule has 4 rings (SSSR count). The highest BCUT2D eigenvalue weighted by molar-refractivity contribution is 6.30. The lowest BCUT2D eigenvalue weighted by Gasteiger charge is -2.09. The summed E-state index contributed by atoms with van der Waals surface area (Å²) in [6, 6.07) is 12.6. The third-order valence-electron chi connectivity index (χ3n) is 4.58. The molecule has 0 spiro atoms. The van der Waals surface area contributed by atoms with Crippen molar-refractivity contribution in [2.24, 2.45) is 0 Å². The van der Waals surface area contributed by atoms with Crippen LogP contribution in [0.1, 0.15) is 29.4 Å². The predicted molar refractivity (Wildman–Crippen MR) is 97.7 cm³/mol. The quantitative estimate of drug-likeness (QED) is 0.680. The van der Waals surface area contributed by atoms with Crippen LogP contribution < -0.4 is 9.47 Å². The summed E-state index contributed by atoms with van der Waals surface area (Å²) in [4.78, 5) is 8.35. The molecule has 1 aliphatic carbocycles. The normalized spacial score (nSPS) is 18.4. The molecular weight excluding hydrogens is 352 g/mol. The third-order valence-corrected chi connectivity index (χ3v) is 4.87. The third kappa shape index (κ3) is 3.08. The van der Waals surface area contributed by atoms with Crippen molar-refractivity contribution in [2.45, 2.75) is 18.3 Å². The Bertz CT molecular complexity index is 936. The molecule has 0 amide bonds. The van der Waals surface area contributed by atoms with Gasteiger partial charge in [0.1, 0.15) is 5.69 Å². The predicted octanol–water partition coefficient (Wildman–Crippen LogP) is 3.88. The van der Waals surface area contributed by atoms with Crippen molar-refractivity contribution in [2.75, 3.05) is 14.2 Å². The topological polar surface area (TPSA) is 70.0 Å². The van der Waals surface area contributed by atoms with Gasteiger partial charge in [-0.1, -0.05) is 41.9 Å². The molecule has 1 saturated carbocycles. The number of nitrogens with zero attached hydrogens (tertiary/aromatic N) is 4. The molecule has 6 nitrogen and oxygen atoms in total. The van der Waals surface area contributed by atoms with Gasteiger partial charge >= 0.3 is 6.01 Å². The summed E-state index contributed by atoms with van der Waals surface area (Å²) < 4.78 is 10.4. The van der Waals surface area contributed by atoms with E-state index in [1.807, 2.05) is 12.1 Å². The van der Waals surface area contributed by atoms with E-state index in [2.05, 4.69) is 44.4 Å². The maximum atomic E-state index is 6.34. The van der Waals surface area contributed by atoms with Gasteiger partial charge in [0.05, 0.1) is 19.8 Å². The fraction of sp³-hybridized carbons (Fsp3) is 0.263. The van der Waals surface area contributed by atoms with Gasteiger partial charge in [0, 0.05) is 6.20 Å². The molecule has 132 valence electrons. The Kier molecular flexibility index (Phi) is 4.42. The lowest BCUT2D eigenvalue weighted by Crippen LogP contribution is -2.00. The van der Waals surface area contributed by atoms with Gasteiger partial charge in [0.25, 0.3) is 0 Å². The number of halogens is 1. The van der Waals surface area contributed by atoms with Crippen LogP contribution in [0, 0.1) is 0 Å². The zero-order valence-electron chi connectivity index (χ0n) is 14.4. The first-order valence-corrected chi connectivity index (χ1v) is 8.62. The summed E-state index contributed by atoms with van der Waals surface area (Å²) >= 11 is 6.34. The Morgan fingerprint density at radius 1 is 1.04 bits per heavy atom. The van der Waals surface area contributed by atoms with Crippen molar-refractivity contribution < 1.29 is 9.47 Å². The molecule has 3 aromatic rings. The molecule has 0 radical (unpaired) electrons. The van der Waals surface area contributed by atoms with E-state index in [0.717, 1.165) is 12.0 Å². The van der Waals surface area contributed by atoms with Gasteiger partial charge in [-0.15, -0.1) is 10.2 Å². The molecule has 26 heavy (non-hydrogen) atoms. The van der Waals surface area contributed by atoms with E-state index in [1.54, 1.807) is 13.3 Å². The molecule has 2 atom stereocenters. The number of benzene rings is 1. The van der Waals surface area contributed by atoms with Gasteiger partial charge in [-0.3, -0.25) is 0 Å². The average Bonchev–Trinajstić information content (AvgIpc) is 3.49. The van der Waals surface area contributed by atoms with Gasteiger partial charge in [0.2, 0.25) is 5.88 Å². The molecular formula is C19H17ClN4O2. The number of methoxy groups -OCH3 is 2. The Morgan fingerprint density at radius 2 is 1.85 bits per heavy atom. The summed E-state index contributed by atoms with van der Waals surface area (Å²) in [6.07, 6.45) is 2.67. The zero-order valence-corrected chi connectivity index (χ0v) is 15.1. The average molecular weight is 369 g/mol. The maximum absolute atomic E-state index is 6.34. The lowest BCUT2D eigenvalue weighted by atomic mass is 10.0. The second kappa shape index (κ2) is 6.88. The SMILES string of the molecule is COc1ncc(-c2cc(C3CC3c3ccccc3)c(Cl)nn2)c(OC)n1. The second-order valence-corrected chi connectivity index (χ2v) is 6.47. The summed E-state index contributed by atoms with van der Waals surface area (Å²) in [7, 11) is 3.05. The van der Waals surface area contributed by atoms with Crippen LogP contribution in [0.25, 0.3) is 11.3 Å². The fourth-order valence-electron chi connectivity index (χ4n) is 3.17. The van der Waals surface area contributed by atoms with E-state index >= 15 is 0 Å². The molecule has 1 fully saturated rings. The Morgan fingerprint density at radius 3 is 2.58 bits per heavy atom. The van der Waals surface area contributed by atoms with Crippen LogP contribution in [0.15, 0.2) is 42.6 Å². The molecule has 1 aromatic carbocycles. The number of aromatic nitrogens is 4. The smallest absolute Gasteiger partial charge is 0.319 e. The monoisotopic (exact) mass is 368 g/mol. The number of rotatable bonds is 5. The van der Waals surface area contributed by atoms with E-state index in [1.165, 1.54) is 12.7 Å². The van der Waals surface area contributed by atoms with Crippen LogP contribution >= 0.6 is 11.6 Å². The van der Waals surface area contributed by atoms with Crippen LogP contribution in [0.2, 0.25) is 5.15 Å².